The fraction of sp³-hybridized carbons (Fsp3) is 0.500. The Bertz CT molecular complexity index is 764. The quantitative estimate of drug-likeness (QED) is 0.831. The number of ether oxygens (including phenoxy) is 1. The minimum Gasteiger partial charge on any atom is -0.485 e. The van der Waals surface area contributed by atoms with Gasteiger partial charge in [-0.25, -0.2) is 0 Å². The van der Waals surface area contributed by atoms with Gasteiger partial charge in [-0.1, -0.05) is 24.3 Å². The molecule has 0 amide bonds. The molecule has 3 aliphatic rings. The van der Waals surface area contributed by atoms with Gasteiger partial charge in [-0.3, -0.25) is 4.98 Å². The molecule has 1 aliphatic carbocycles. The maximum absolute atomic E-state index is 6.45. The van der Waals surface area contributed by atoms with Crippen molar-refractivity contribution in [2.75, 3.05) is 19.6 Å². The number of pyridine rings is 1. The van der Waals surface area contributed by atoms with E-state index in [0.29, 0.717) is 0 Å². The van der Waals surface area contributed by atoms with Gasteiger partial charge in [-0.15, -0.1) is 0 Å². The molecule has 1 aromatic carbocycles. The zero-order valence-electron chi connectivity index (χ0n) is 14.8. The summed E-state index contributed by atoms with van der Waals surface area (Å²) in [4.78, 5) is 7.13. The van der Waals surface area contributed by atoms with Crippen molar-refractivity contribution < 1.29 is 4.74 Å². The molecule has 1 fully saturated rings. The predicted octanol–water partition coefficient (Wildman–Crippen LogP) is 3.97. The number of rotatable bonds is 2. The monoisotopic (exact) mass is 334 g/mol. The highest BCUT2D eigenvalue weighted by Gasteiger charge is 2.40. The van der Waals surface area contributed by atoms with Crippen molar-refractivity contribution in [3.63, 3.8) is 0 Å². The summed E-state index contributed by atoms with van der Waals surface area (Å²) in [5, 5.41) is 0. The van der Waals surface area contributed by atoms with Crippen LogP contribution in [0.2, 0.25) is 0 Å². The Hall–Kier alpha value is -1.87. The third-order valence-electron chi connectivity index (χ3n) is 6.50. The normalized spacial score (nSPS) is 24.6. The molecule has 1 unspecified atom stereocenters. The number of aryl methyl sites for hydroxylation is 2. The zero-order chi connectivity index (χ0) is 16.7. The molecule has 0 N–H and O–H groups in total. The molecule has 3 heterocycles. The first-order chi connectivity index (χ1) is 12.3. The molecule has 1 aromatic heterocycles. The van der Waals surface area contributed by atoms with Crippen molar-refractivity contribution in [2.24, 2.45) is 0 Å². The number of nitrogens with zero attached hydrogens (tertiary/aromatic N) is 2. The Morgan fingerprint density at radius 3 is 2.84 bits per heavy atom. The lowest BCUT2D eigenvalue weighted by molar-refractivity contribution is -0.0165. The third kappa shape index (κ3) is 2.85. The van der Waals surface area contributed by atoms with Gasteiger partial charge in [0.1, 0.15) is 11.4 Å². The summed E-state index contributed by atoms with van der Waals surface area (Å²) in [7, 11) is 0. The van der Waals surface area contributed by atoms with Crippen molar-refractivity contribution in [3.05, 3.63) is 59.4 Å². The van der Waals surface area contributed by atoms with Crippen molar-refractivity contribution in [1.29, 1.82) is 0 Å². The van der Waals surface area contributed by atoms with E-state index >= 15 is 0 Å². The Morgan fingerprint density at radius 1 is 1.04 bits per heavy atom. The van der Waals surface area contributed by atoms with Crippen LogP contribution < -0.4 is 4.74 Å². The molecule has 0 radical (unpaired) electrons. The molecular formula is C22H26N2O. The second-order valence-electron chi connectivity index (χ2n) is 7.97. The molecule has 0 saturated carbocycles. The number of piperidine rings is 1. The summed E-state index contributed by atoms with van der Waals surface area (Å²) in [6, 6.07) is 13.1. The Balaban J connectivity index is 1.23. The van der Waals surface area contributed by atoms with Crippen molar-refractivity contribution >= 4 is 0 Å². The first kappa shape index (κ1) is 15.4. The van der Waals surface area contributed by atoms with Crippen LogP contribution in [0.3, 0.4) is 0 Å². The minimum atomic E-state index is 0.0557. The number of fused-ring (bicyclic) bond motifs is 2. The number of hydrogen-bond donors (Lipinski definition) is 0. The molecular weight excluding hydrogens is 308 g/mol. The van der Waals surface area contributed by atoms with Gasteiger partial charge in [-0.05, 0) is 67.7 Å². The standard InChI is InChI=1S/C22H26N2O/c1-2-5-19-17(4-1)7-8-18(19)16-24-14-11-22(12-15-24)10-9-20-21(25-22)6-3-13-23-20/h1-6,13,18H,7-12,14-16H2. The van der Waals surface area contributed by atoms with E-state index < -0.39 is 0 Å². The Kier molecular flexibility index (Phi) is 3.78. The largest absolute Gasteiger partial charge is 0.485 e. The lowest BCUT2D eigenvalue weighted by Gasteiger charge is -2.44. The second-order valence-corrected chi connectivity index (χ2v) is 7.97. The van der Waals surface area contributed by atoms with E-state index in [4.69, 9.17) is 4.74 Å². The van der Waals surface area contributed by atoms with Crippen molar-refractivity contribution in [2.45, 2.75) is 50.0 Å². The van der Waals surface area contributed by atoms with Crippen LogP contribution in [0, 0.1) is 0 Å². The fourth-order valence-corrected chi connectivity index (χ4v) is 4.98. The maximum atomic E-state index is 6.45. The molecule has 1 saturated heterocycles. The minimum absolute atomic E-state index is 0.0557. The van der Waals surface area contributed by atoms with Crippen LogP contribution in [0.4, 0.5) is 0 Å². The number of likely N-dealkylation sites (tertiary alicyclic amines) is 1. The molecule has 3 nitrogen and oxygen atoms in total. The first-order valence-electron chi connectivity index (χ1n) is 9.74. The van der Waals surface area contributed by atoms with E-state index in [2.05, 4.69) is 40.2 Å². The number of aromatic nitrogens is 1. The van der Waals surface area contributed by atoms with Crippen LogP contribution in [-0.4, -0.2) is 35.1 Å². The lowest BCUT2D eigenvalue weighted by Crippen LogP contribution is -2.50. The molecule has 5 rings (SSSR count). The third-order valence-corrected chi connectivity index (χ3v) is 6.50. The highest BCUT2D eigenvalue weighted by Crippen LogP contribution is 2.39. The van der Waals surface area contributed by atoms with Crippen LogP contribution in [0.15, 0.2) is 42.6 Å². The Labute approximate surface area is 150 Å². The molecule has 130 valence electrons. The lowest BCUT2D eigenvalue weighted by atomic mass is 9.83. The maximum Gasteiger partial charge on any atom is 0.141 e. The zero-order valence-corrected chi connectivity index (χ0v) is 14.8. The van der Waals surface area contributed by atoms with Crippen LogP contribution in [0.25, 0.3) is 0 Å². The molecule has 1 spiro atoms. The van der Waals surface area contributed by atoms with Gasteiger partial charge in [0.05, 0.1) is 5.69 Å². The highest BCUT2D eigenvalue weighted by molar-refractivity contribution is 5.35. The highest BCUT2D eigenvalue weighted by atomic mass is 16.5. The summed E-state index contributed by atoms with van der Waals surface area (Å²) in [6.07, 6.45) is 8.93. The Morgan fingerprint density at radius 2 is 1.92 bits per heavy atom. The van der Waals surface area contributed by atoms with E-state index in [-0.39, 0.29) is 5.60 Å². The van der Waals surface area contributed by atoms with Gasteiger partial charge >= 0.3 is 0 Å². The van der Waals surface area contributed by atoms with Crippen LogP contribution in [0.1, 0.15) is 48.4 Å². The molecule has 2 aliphatic heterocycles. The van der Waals surface area contributed by atoms with Crippen LogP contribution in [0.5, 0.6) is 5.75 Å². The average molecular weight is 334 g/mol. The van der Waals surface area contributed by atoms with E-state index in [1.54, 1.807) is 11.1 Å². The van der Waals surface area contributed by atoms with Crippen LogP contribution >= 0.6 is 0 Å². The SMILES string of the molecule is c1ccc2c(c1)CCC2CN1CCC2(CCc3ncccc3O2)CC1. The van der Waals surface area contributed by atoms with Crippen LogP contribution in [-0.2, 0) is 12.8 Å². The summed E-state index contributed by atoms with van der Waals surface area (Å²) in [6.45, 7) is 3.54. The molecule has 25 heavy (non-hydrogen) atoms. The van der Waals surface area contributed by atoms with Gasteiger partial charge in [-0.2, -0.15) is 0 Å². The molecule has 2 aromatic rings. The van der Waals surface area contributed by atoms with E-state index in [9.17, 15) is 0 Å². The molecule has 0 bridgehead atoms. The topological polar surface area (TPSA) is 25.4 Å². The smallest absolute Gasteiger partial charge is 0.141 e. The summed E-state index contributed by atoms with van der Waals surface area (Å²) < 4.78 is 6.45. The average Bonchev–Trinajstić information content (AvgIpc) is 3.07. The number of benzene rings is 1. The van der Waals surface area contributed by atoms with Gasteiger partial charge in [0.15, 0.2) is 0 Å². The van der Waals surface area contributed by atoms with Crippen molar-refractivity contribution in [3.8, 4) is 5.75 Å². The fourth-order valence-electron chi connectivity index (χ4n) is 4.98. The van der Waals surface area contributed by atoms with E-state index in [1.165, 1.54) is 19.4 Å². The summed E-state index contributed by atoms with van der Waals surface area (Å²) >= 11 is 0. The molecule has 3 heteroatoms. The predicted molar refractivity (Wildman–Crippen MR) is 99.1 cm³/mol. The first-order valence-corrected chi connectivity index (χ1v) is 9.74. The summed E-state index contributed by atoms with van der Waals surface area (Å²) in [5.74, 6) is 1.74. The molecule has 1 atom stereocenters. The summed E-state index contributed by atoms with van der Waals surface area (Å²) in [5.41, 5.74) is 4.36. The van der Waals surface area contributed by atoms with E-state index in [1.807, 2.05) is 12.3 Å². The number of hydrogen-bond acceptors (Lipinski definition) is 3. The second kappa shape index (κ2) is 6.14. The van der Waals surface area contributed by atoms with Gasteiger partial charge in [0.25, 0.3) is 0 Å². The van der Waals surface area contributed by atoms with Gasteiger partial charge in [0.2, 0.25) is 0 Å². The van der Waals surface area contributed by atoms with Crippen molar-refractivity contribution in [1.82, 2.24) is 9.88 Å². The van der Waals surface area contributed by atoms with E-state index in [0.717, 1.165) is 56.1 Å². The van der Waals surface area contributed by atoms with Gasteiger partial charge in [0, 0.05) is 25.8 Å². The van der Waals surface area contributed by atoms with Gasteiger partial charge < -0.3 is 9.64 Å².